The van der Waals surface area contributed by atoms with Crippen LogP contribution in [0.4, 0.5) is 17.1 Å². The number of carbonyl (C=O) groups excluding carboxylic acids is 2. The quantitative estimate of drug-likeness (QED) is 0.581. The summed E-state index contributed by atoms with van der Waals surface area (Å²) in [5.74, 6) is 0.807. The highest BCUT2D eigenvalue weighted by atomic mass is 16.5. The van der Waals surface area contributed by atoms with Crippen LogP contribution in [-0.2, 0) is 9.59 Å². The van der Waals surface area contributed by atoms with E-state index in [2.05, 4.69) is 22.9 Å². The molecule has 0 aromatic heterocycles. The van der Waals surface area contributed by atoms with E-state index < -0.39 is 0 Å². The number of nitrogens with one attached hydrogen (secondary N) is 3. The van der Waals surface area contributed by atoms with Gasteiger partial charge in [-0.2, -0.15) is 0 Å². The lowest BCUT2D eigenvalue weighted by Gasteiger charge is -2.15. The zero-order valence-corrected chi connectivity index (χ0v) is 17.2. The van der Waals surface area contributed by atoms with E-state index in [-0.39, 0.29) is 30.4 Å². The second-order valence-electron chi connectivity index (χ2n) is 7.51. The third kappa shape index (κ3) is 5.98. The number of hydrogen-bond acceptors (Lipinski definition) is 4. The molecule has 2 aromatic carbocycles. The van der Waals surface area contributed by atoms with Gasteiger partial charge in [-0.15, -0.1) is 0 Å². The molecule has 1 aliphatic rings. The van der Waals surface area contributed by atoms with Crippen LogP contribution in [0.25, 0.3) is 0 Å². The van der Waals surface area contributed by atoms with Crippen molar-refractivity contribution in [1.29, 1.82) is 0 Å². The van der Waals surface area contributed by atoms with Gasteiger partial charge in [-0.25, -0.2) is 0 Å². The molecule has 1 fully saturated rings. The second-order valence-corrected chi connectivity index (χ2v) is 7.51. The molecule has 1 aliphatic carbocycles. The van der Waals surface area contributed by atoms with E-state index >= 15 is 0 Å². The van der Waals surface area contributed by atoms with Crippen molar-refractivity contribution in [3.63, 3.8) is 0 Å². The second kappa shape index (κ2) is 9.45. The van der Waals surface area contributed by atoms with Gasteiger partial charge in [-0.05, 0) is 62.9 Å². The Morgan fingerprint density at radius 3 is 2.48 bits per heavy atom. The first kappa shape index (κ1) is 20.7. The molecule has 3 N–H and O–H groups in total. The third-order valence-electron chi connectivity index (χ3n) is 5.01. The summed E-state index contributed by atoms with van der Waals surface area (Å²) in [4.78, 5) is 24.4. The zero-order chi connectivity index (χ0) is 20.8. The standard InChI is InChI=1S/C23H29N3O3/c1-4-15(2)29-19-8-5-7-18(13-19)24-14-22(27)25-20-9-6-10-21(16(20)3)26-23(28)17-11-12-17/h5-10,13,15,17,24H,4,11-12,14H2,1-3H3,(H,25,27)(H,26,28). The Balaban J connectivity index is 1.55. The Kier molecular flexibility index (Phi) is 6.75. The van der Waals surface area contributed by atoms with E-state index in [1.54, 1.807) is 0 Å². The molecule has 2 aromatic rings. The monoisotopic (exact) mass is 395 g/mol. The van der Waals surface area contributed by atoms with Crippen LogP contribution >= 0.6 is 0 Å². The van der Waals surface area contributed by atoms with Crippen molar-refractivity contribution in [3.05, 3.63) is 48.0 Å². The van der Waals surface area contributed by atoms with Crippen LogP contribution in [0.2, 0.25) is 0 Å². The average molecular weight is 396 g/mol. The summed E-state index contributed by atoms with van der Waals surface area (Å²) in [6.45, 7) is 6.12. The van der Waals surface area contributed by atoms with Gasteiger partial charge >= 0.3 is 0 Å². The van der Waals surface area contributed by atoms with Crippen molar-refractivity contribution in [2.75, 3.05) is 22.5 Å². The summed E-state index contributed by atoms with van der Waals surface area (Å²) in [5.41, 5.74) is 3.10. The van der Waals surface area contributed by atoms with Gasteiger partial charge in [0.15, 0.2) is 0 Å². The first-order valence-electron chi connectivity index (χ1n) is 10.2. The number of anilines is 3. The normalized spacial score (nSPS) is 14.0. The van der Waals surface area contributed by atoms with Crippen molar-refractivity contribution in [3.8, 4) is 5.75 Å². The summed E-state index contributed by atoms with van der Waals surface area (Å²) in [6.07, 6.45) is 2.98. The van der Waals surface area contributed by atoms with Crippen molar-refractivity contribution < 1.29 is 14.3 Å². The molecule has 154 valence electrons. The van der Waals surface area contributed by atoms with Crippen molar-refractivity contribution in [2.24, 2.45) is 5.92 Å². The van der Waals surface area contributed by atoms with Crippen LogP contribution in [0.15, 0.2) is 42.5 Å². The number of hydrogen-bond donors (Lipinski definition) is 3. The van der Waals surface area contributed by atoms with Gasteiger partial charge in [0.05, 0.1) is 12.6 Å². The van der Waals surface area contributed by atoms with Crippen LogP contribution < -0.4 is 20.7 Å². The maximum atomic E-state index is 12.4. The molecule has 6 heteroatoms. The Morgan fingerprint density at radius 1 is 1.10 bits per heavy atom. The molecule has 1 atom stereocenters. The molecule has 2 amide bonds. The van der Waals surface area contributed by atoms with Gasteiger partial charge in [0.2, 0.25) is 11.8 Å². The van der Waals surface area contributed by atoms with Crippen molar-refractivity contribution >= 4 is 28.9 Å². The molecule has 0 saturated heterocycles. The first-order chi connectivity index (χ1) is 14.0. The maximum Gasteiger partial charge on any atom is 0.243 e. The van der Waals surface area contributed by atoms with Gasteiger partial charge in [0, 0.05) is 29.0 Å². The molecular weight excluding hydrogens is 366 g/mol. The fourth-order valence-electron chi connectivity index (χ4n) is 2.86. The smallest absolute Gasteiger partial charge is 0.243 e. The highest BCUT2D eigenvalue weighted by Crippen LogP contribution is 2.31. The van der Waals surface area contributed by atoms with Crippen molar-refractivity contribution in [2.45, 2.75) is 46.1 Å². The van der Waals surface area contributed by atoms with E-state index in [0.717, 1.165) is 42.0 Å². The molecule has 29 heavy (non-hydrogen) atoms. The van der Waals surface area contributed by atoms with E-state index in [1.807, 2.05) is 56.3 Å². The number of ether oxygens (including phenoxy) is 1. The Hall–Kier alpha value is -3.02. The van der Waals surface area contributed by atoms with Crippen LogP contribution in [-0.4, -0.2) is 24.5 Å². The Morgan fingerprint density at radius 2 is 1.79 bits per heavy atom. The first-order valence-corrected chi connectivity index (χ1v) is 10.2. The predicted octanol–water partition coefficient (Wildman–Crippen LogP) is 4.57. The van der Waals surface area contributed by atoms with Gasteiger partial charge in [0.1, 0.15) is 5.75 Å². The third-order valence-corrected chi connectivity index (χ3v) is 5.01. The van der Waals surface area contributed by atoms with Crippen LogP contribution in [0.3, 0.4) is 0 Å². The molecular formula is C23H29N3O3. The number of amides is 2. The number of rotatable bonds is 9. The summed E-state index contributed by atoms with van der Waals surface area (Å²) in [6, 6.07) is 13.1. The fraction of sp³-hybridized carbons (Fsp3) is 0.391. The van der Waals surface area contributed by atoms with Crippen LogP contribution in [0, 0.1) is 12.8 Å². The highest BCUT2D eigenvalue weighted by Gasteiger charge is 2.29. The molecule has 1 unspecified atom stereocenters. The summed E-state index contributed by atoms with van der Waals surface area (Å²) >= 11 is 0. The molecule has 0 radical (unpaired) electrons. The predicted molar refractivity (Wildman–Crippen MR) is 116 cm³/mol. The van der Waals surface area contributed by atoms with E-state index in [4.69, 9.17) is 4.74 Å². The minimum Gasteiger partial charge on any atom is -0.491 e. The molecule has 0 heterocycles. The Bertz CT molecular complexity index is 877. The lowest BCUT2D eigenvalue weighted by molar-refractivity contribution is -0.117. The fourth-order valence-corrected chi connectivity index (χ4v) is 2.86. The topological polar surface area (TPSA) is 79.5 Å². The van der Waals surface area contributed by atoms with Gasteiger partial charge in [-0.1, -0.05) is 19.1 Å². The minimum absolute atomic E-state index is 0.0535. The molecule has 1 saturated carbocycles. The number of benzene rings is 2. The minimum atomic E-state index is -0.160. The van der Waals surface area contributed by atoms with Crippen LogP contribution in [0.1, 0.15) is 38.7 Å². The largest absolute Gasteiger partial charge is 0.491 e. The van der Waals surface area contributed by atoms with Crippen LogP contribution in [0.5, 0.6) is 5.75 Å². The average Bonchev–Trinajstić information content (AvgIpc) is 3.55. The molecule has 0 spiro atoms. The van der Waals surface area contributed by atoms with Gasteiger partial charge < -0.3 is 20.7 Å². The van der Waals surface area contributed by atoms with E-state index in [0.29, 0.717) is 5.69 Å². The molecule has 6 nitrogen and oxygen atoms in total. The highest BCUT2D eigenvalue weighted by molar-refractivity contribution is 5.98. The lowest BCUT2D eigenvalue weighted by atomic mass is 10.1. The maximum absolute atomic E-state index is 12.4. The Labute approximate surface area is 172 Å². The summed E-state index contributed by atoms with van der Waals surface area (Å²) in [7, 11) is 0. The summed E-state index contributed by atoms with van der Waals surface area (Å²) < 4.78 is 5.81. The molecule has 3 rings (SSSR count). The zero-order valence-electron chi connectivity index (χ0n) is 17.2. The van der Waals surface area contributed by atoms with E-state index in [9.17, 15) is 9.59 Å². The molecule has 0 bridgehead atoms. The summed E-state index contributed by atoms with van der Waals surface area (Å²) in [5, 5.41) is 8.99. The lowest BCUT2D eigenvalue weighted by Crippen LogP contribution is -2.22. The number of carbonyl (C=O) groups is 2. The van der Waals surface area contributed by atoms with E-state index in [1.165, 1.54) is 0 Å². The van der Waals surface area contributed by atoms with Gasteiger partial charge in [-0.3, -0.25) is 9.59 Å². The van der Waals surface area contributed by atoms with Crippen molar-refractivity contribution in [1.82, 2.24) is 0 Å². The molecule has 0 aliphatic heterocycles. The SMILES string of the molecule is CCC(C)Oc1cccc(NCC(=O)Nc2cccc(NC(=O)C3CC3)c2C)c1. The van der Waals surface area contributed by atoms with Gasteiger partial charge in [0.25, 0.3) is 0 Å².